The summed E-state index contributed by atoms with van der Waals surface area (Å²) >= 11 is 0. The van der Waals surface area contributed by atoms with Crippen LogP contribution < -0.4 is 5.32 Å². The lowest BCUT2D eigenvalue weighted by Gasteiger charge is -2.21. The average Bonchev–Trinajstić information content (AvgIpc) is 2.36. The third-order valence-corrected chi connectivity index (χ3v) is 2.56. The standard InChI is InChI=1S/C13H18N2O3/c1-3-9-15(4-2)13(18)14-11-8-6-5-7-10(11)12(16)17/h5-8H,3-4,9H2,1-2H3,(H,14,18)(H,16,17). The molecule has 1 aromatic rings. The Morgan fingerprint density at radius 2 is 1.94 bits per heavy atom. The minimum atomic E-state index is -1.05. The van der Waals surface area contributed by atoms with Gasteiger partial charge in [-0.2, -0.15) is 0 Å². The molecule has 0 radical (unpaired) electrons. The highest BCUT2D eigenvalue weighted by atomic mass is 16.4. The molecule has 5 nitrogen and oxygen atoms in total. The molecule has 0 aromatic heterocycles. The third kappa shape index (κ3) is 3.48. The van der Waals surface area contributed by atoms with Crippen molar-refractivity contribution in [1.82, 2.24) is 4.90 Å². The molecule has 0 saturated heterocycles. The molecule has 98 valence electrons. The van der Waals surface area contributed by atoms with Crippen LogP contribution in [0.3, 0.4) is 0 Å². The van der Waals surface area contributed by atoms with E-state index in [-0.39, 0.29) is 11.6 Å². The minimum Gasteiger partial charge on any atom is -0.478 e. The molecule has 0 bridgehead atoms. The van der Waals surface area contributed by atoms with E-state index in [2.05, 4.69) is 5.32 Å². The molecule has 0 aliphatic rings. The normalized spacial score (nSPS) is 9.89. The Hall–Kier alpha value is -2.04. The first kappa shape index (κ1) is 14.0. The molecule has 2 N–H and O–H groups in total. The fourth-order valence-electron chi connectivity index (χ4n) is 1.65. The van der Waals surface area contributed by atoms with Crippen LogP contribution in [0.4, 0.5) is 10.5 Å². The number of urea groups is 1. The summed E-state index contributed by atoms with van der Waals surface area (Å²) in [4.78, 5) is 24.6. The quantitative estimate of drug-likeness (QED) is 0.844. The van der Waals surface area contributed by atoms with Crippen LogP contribution in [0.5, 0.6) is 0 Å². The van der Waals surface area contributed by atoms with Gasteiger partial charge in [0.25, 0.3) is 0 Å². The van der Waals surface area contributed by atoms with Crippen molar-refractivity contribution < 1.29 is 14.7 Å². The fraction of sp³-hybridized carbons (Fsp3) is 0.385. The molecule has 0 unspecified atom stereocenters. The largest absolute Gasteiger partial charge is 0.478 e. The monoisotopic (exact) mass is 250 g/mol. The van der Waals surface area contributed by atoms with E-state index in [0.29, 0.717) is 18.8 Å². The maximum absolute atomic E-state index is 11.9. The lowest BCUT2D eigenvalue weighted by atomic mass is 10.2. The first-order valence-electron chi connectivity index (χ1n) is 5.98. The van der Waals surface area contributed by atoms with Crippen LogP contribution in [0.1, 0.15) is 30.6 Å². The van der Waals surface area contributed by atoms with Crippen molar-refractivity contribution >= 4 is 17.7 Å². The van der Waals surface area contributed by atoms with E-state index >= 15 is 0 Å². The Kier molecular flexibility index (Phi) is 5.17. The first-order valence-corrected chi connectivity index (χ1v) is 5.98. The zero-order chi connectivity index (χ0) is 13.5. The van der Waals surface area contributed by atoms with Crippen LogP contribution in [0, 0.1) is 0 Å². The lowest BCUT2D eigenvalue weighted by Crippen LogP contribution is -2.35. The predicted octanol–water partition coefficient (Wildman–Crippen LogP) is 2.65. The van der Waals surface area contributed by atoms with E-state index in [1.165, 1.54) is 6.07 Å². The summed E-state index contributed by atoms with van der Waals surface area (Å²) < 4.78 is 0. The molecule has 1 aromatic carbocycles. The summed E-state index contributed by atoms with van der Waals surface area (Å²) in [6, 6.07) is 6.10. The van der Waals surface area contributed by atoms with Gasteiger partial charge in [0, 0.05) is 13.1 Å². The molecule has 2 amide bonds. The van der Waals surface area contributed by atoms with E-state index in [1.807, 2.05) is 13.8 Å². The molecule has 0 atom stereocenters. The number of rotatable bonds is 5. The number of benzene rings is 1. The van der Waals surface area contributed by atoms with Gasteiger partial charge < -0.3 is 15.3 Å². The van der Waals surface area contributed by atoms with Crippen LogP contribution >= 0.6 is 0 Å². The Morgan fingerprint density at radius 3 is 2.50 bits per heavy atom. The van der Waals surface area contributed by atoms with Crippen molar-refractivity contribution in [3.63, 3.8) is 0 Å². The second-order valence-corrected chi connectivity index (χ2v) is 3.86. The molecule has 0 aliphatic heterocycles. The molecular formula is C13H18N2O3. The Labute approximate surface area is 106 Å². The van der Waals surface area contributed by atoms with Crippen LogP contribution in [0.2, 0.25) is 0 Å². The van der Waals surface area contributed by atoms with Gasteiger partial charge in [-0.1, -0.05) is 19.1 Å². The first-order chi connectivity index (χ1) is 8.60. The highest BCUT2D eigenvalue weighted by Gasteiger charge is 2.14. The van der Waals surface area contributed by atoms with E-state index in [9.17, 15) is 9.59 Å². The summed E-state index contributed by atoms with van der Waals surface area (Å²) in [6.07, 6.45) is 0.863. The van der Waals surface area contributed by atoms with Gasteiger partial charge in [-0.15, -0.1) is 0 Å². The number of carboxylic acid groups (broad SMARTS) is 1. The molecule has 1 rings (SSSR count). The van der Waals surface area contributed by atoms with E-state index < -0.39 is 5.97 Å². The zero-order valence-corrected chi connectivity index (χ0v) is 10.6. The van der Waals surface area contributed by atoms with Crippen LogP contribution in [-0.2, 0) is 0 Å². The molecule has 0 spiro atoms. The highest BCUT2D eigenvalue weighted by Crippen LogP contribution is 2.15. The average molecular weight is 250 g/mol. The number of nitrogens with zero attached hydrogens (tertiary/aromatic N) is 1. The second kappa shape index (κ2) is 6.64. The maximum atomic E-state index is 11.9. The number of nitrogens with one attached hydrogen (secondary N) is 1. The SMILES string of the molecule is CCCN(CC)C(=O)Nc1ccccc1C(=O)O. The van der Waals surface area contributed by atoms with Crippen molar-refractivity contribution in [2.45, 2.75) is 20.3 Å². The Morgan fingerprint density at radius 1 is 1.28 bits per heavy atom. The summed E-state index contributed by atoms with van der Waals surface area (Å²) in [6.45, 7) is 5.12. The second-order valence-electron chi connectivity index (χ2n) is 3.86. The Balaban J connectivity index is 2.84. The predicted molar refractivity (Wildman–Crippen MR) is 70.0 cm³/mol. The van der Waals surface area contributed by atoms with E-state index in [1.54, 1.807) is 23.1 Å². The molecular weight excluding hydrogens is 232 g/mol. The number of carboxylic acids is 1. The van der Waals surface area contributed by atoms with Crippen LogP contribution in [0.15, 0.2) is 24.3 Å². The summed E-state index contributed by atoms with van der Waals surface area (Å²) in [5.74, 6) is -1.05. The molecule has 0 aliphatic carbocycles. The van der Waals surface area contributed by atoms with Gasteiger partial charge >= 0.3 is 12.0 Å². The third-order valence-electron chi connectivity index (χ3n) is 2.56. The fourth-order valence-corrected chi connectivity index (χ4v) is 1.65. The molecule has 5 heteroatoms. The van der Waals surface area contributed by atoms with E-state index in [0.717, 1.165) is 6.42 Å². The van der Waals surface area contributed by atoms with Crippen molar-refractivity contribution in [2.75, 3.05) is 18.4 Å². The van der Waals surface area contributed by atoms with Gasteiger partial charge in [-0.3, -0.25) is 0 Å². The summed E-state index contributed by atoms with van der Waals surface area (Å²) in [7, 11) is 0. The number of amides is 2. The number of hydrogen-bond donors (Lipinski definition) is 2. The van der Waals surface area contributed by atoms with Crippen molar-refractivity contribution in [2.24, 2.45) is 0 Å². The van der Waals surface area contributed by atoms with Gasteiger partial charge in [-0.25, -0.2) is 9.59 Å². The van der Waals surface area contributed by atoms with Crippen LogP contribution in [0.25, 0.3) is 0 Å². The van der Waals surface area contributed by atoms with Gasteiger partial charge in [0.05, 0.1) is 11.3 Å². The van der Waals surface area contributed by atoms with Gasteiger partial charge in [0.2, 0.25) is 0 Å². The Bertz CT molecular complexity index is 432. The zero-order valence-electron chi connectivity index (χ0n) is 10.6. The molecule has 18 heavy (non-hydrogen) atoms. The minimum absolute atomic E-state index is 0.0957. The molecule has 0 saturated carbocycles. The van der Waals surface area contributed by atoms with E-state index in [4.69, 9.17) is 5.11 Å². The van der Waals surface area contributed by atoms with Crippen molar-refractivity contribution in [1.29, 1.82) is 0 Å². The molecule has 0 fully saturated rings. The number of carbonyl (C=O) groups excluding carboxylic acids is 1. The van der Waals surface area contributed by atoms with Crippen molar-refractivity contribution in [3.05, 3.63) is 29.8 Å². The number of carbonyl (C=O) groups is 2. The number of anilines is 1. The van der Waals surface area contributed by atoms with Gasteiger partial charge in [0.1, 0.15) is 0 Å². The van der Waals surface area contributed by atoms with Gasteiger partial charge in [0.15, 0.2) is 0 Å². The summed E-state index contributed by atoms with van der Waals surface area (Å²) in [5, 5.41) is 11.6. The molecule has 0 heterocycles. The maximum Gasteiger partial charge on any atom is 0.337 e. The highest BCUT2D eigenvalue weighted by molar-refractivity contribution is 5.99. The lowest BCUT2D eigenvalue weighted by molar-refractivity contribution is 0.0698. The van der Waals surface area contributed by atoms with Crippen molar-refractivity contribution in [3.8, 4) is 0 Å². The topological polar surface area (TPSA) is 69.6 Å². The van der Waals surface area contributed by atoms with Gasteiger partial charge in [-0.05, 0) is 25.5 Å². The number of aromatic carboxylic acids is 1. The number of hydrogen-bond acceptors (Lipinski definition) is 2. The number of para-hydroxylation sites is 1. The van der Waals surface area contributed by atoms with Crippen LogP contribution in [-0.4, -0.2) is 35.1 Å². The smallest absolute Gasteiger partial charge is 0.337 e. The summed E-state index contributed by atoms with van der Waals surface area (Å²) in [5.41, 5.74) is 0.419.